The average Bonchev–Trinajstić information content (AvgIpc) is 1.88. The lowest BCUT2D eigenvalue weighted by molar-refractivity contribution is 1.18. The lowest BCUT2D eigenvalue weighted by Gasteiger charge is -1.91. The zero-order valence-corrected chi connectivity index (χ0v) is 6.20. The molecule has 0 atom stereocenters. The summed E-state index contributed by atoms with van der Waals surface area (Å²) in [5.41, 5.74) is 1.94. The Bertz CT molecular complexity index is 241. The third-order valence-electron chi connectivity index (χ3n) is 1.17. The van der Waals surface area contributed by atoms with Gasteiger partial charge >= 0.3 is 0 Å². The van der Waals surface area contributed by atoms with Crippen LogP contribution in [-0.4, -0.2) is 18.2 Å². The van der Waals surface area contributed by atoms with Crippen molar-refractivity contribution in [3.63, 3.8) is 0 Å². The van der Waals surface area contributed by atoms with Gasteiger partial charge < -0.3 is 0 Å². The molecule has 0 N–H and O–H groups in total. The maximum absolute atomic E-state index is 4.21. The van der Waals surface area contributed by atoms with Crippen LogP contribution in [-0.2, 0) is 0 Å². The molecule has 10 heavy (non-hydrogen) atoms. The number of aryl methyl sites for hydroxylation is 1. The van der Waals surface area contributed by atoms with Crippen LogP contribution in [0.2, 0.25) is 0 Å². The predicted octanol–water partition coefficient (Wildman–Crippen LogP) is 1.44. The summed E-state index contributed by atoms with van der Waals surface area (Å²) < 4.78 is 0. The highest BCUT2D eigenvalue weighted by atomic mass is 14.7. The first-order valence-corrected chi connectivity index (χ1v) is 3.19. The van der Waals surface area contributed by atoms with Gasteiger partial charge in [-0.05, 0) is 19.1 Å². The number of hydrogen-bond acceptors (Lipinski definition) is 2. The van der Waals surface area contributed by atoms with E-state index in [1.54, 1.807) is 13.3 Å². The molecule has 0 aliphatic carbocycles. The molecule has 1 aromatic heterocycles. The summed E-state index contributed by atoms with van der Waals surface area (Å²) in [5, 5.41) is 0. The first-order chi connectivity index (χ1) is 4.83. The summed E-state index contributed by atoms with van der Waals surface area (Å²) in [6.45, 7) is 1.97. The van der Waals surface area contributed by atoms with Crippen LogP contribution in [0.4, 0.5) is 0 Å². The van der Waals surface area contributed by atoms with Gasteiger partial charge in [0.2, 0.25) is 0 Å². The molecule has 2 heteroatoms. The largest absolute Gasteiger partial charge is 0.294 e. The van der Waals surface area contributed by atoms with Crippen molar-refractivity contribution in [2.75, 3.05) is 7.05 Å². The summed E-state index contributed by atoms with van der Waals surface area (Å²) in [5.74, 6) is 0. The normalized spacial score (nSPS) is 10.6. The summed E-state index contributed by atoms with van der Waals surface area (Å²) in [7, 11) is 1.74. The zero-order chi connectivity index (χ0) is 7.40. The highest BCUT2D eigenvalue weighted by molar-refractivity contribution is 5.76. The molecule has 2 nitrogen and oxygen atoms in total. The van der Waals surface area contributed by atoms with E-state index < -0.39 is 0 Å². The Morgan fingerprint density at radius 2 is 2.30 bits per heavy atom. The second kappa shape index (κ2) is 3.11. The molecule has 1 heterocycles. The number of hydrogen-bond donors (Lipinski definition) is 0. The van der Waals surface area contributed by atoms with Gasteiger partial charge in [-0.3, -0.25) is 9.98 Å². The second-order valence-corrected chi connectivity index (χ2v) is 2.09. The topological polar surface area (TPSA) is 25.2 Å². The zero-order valence-electron chi connectivity index (χ0n) is 6.20. The third-order valence-corrected chi connectivity index (χ3v) is 1.17. The van der Waals surface area contributed by atoms with Gasteiger partial charge in [0.1, 0.15) is 0 Å². The lowest BCUT2D eigenvalue weighted by Crippen LogP contribution is -1.88. The van der Waals surface area contributed by atoms with E-state index >= 15 is 0 Å². The number of aromatic nitrogens is 1. The molecule has 1 rings (SSSR count). The highest BCUT2D eigenvalue weighted by Gasteiger charge is 1.86. The van der Waals surface area contributed by atoms with Crippen molar-refractivity contribution in [1.29, 1.82) is 0 Å². The van der Waals surface area contributed by atoms with E-state index in [2.05, 4.69) is 9.98 Å². The summed E-state index contributed by atoms with van der Waals surface area (Å²) >= 11 is 0. The smallest absolute Gasteiger partial charge is 0.0810 e. The lowest BCUT2D eigenvalue weighted by atomic mass is 10.3. The molecule has 0 aliphatic heterocycles. The summed E-state index contributed by atoms with van der Waals surface area (Å²) in [6, 6.07) is 5.87. The maximum Gasteiger partial charge on any atom is 0.0810 e. The van der Waals surface area contributed by atoms with Crippen molar-refractivity contribution >= 4 is 6.21 Å². The number of rotatable bonds is 1. The van der Waals surface area contributed by atoms with Crippen LogP contribution in [0.1, 0.15) is 11.4 Å². The van der Waals surface area contributed by atoms with Crippen LogP contribution in [0, 0.1) is 6.92 Å². The molecule has 52 valence electrons. The minimum Gasteiger partial charge on any atom is -0.294 e. The van der Waals surface area contributed by atoms with Crippen molar-refractivity contribution in [1.82, 2.24) is 4.98 Å². The van der Waals surface area contributed by atoms with Crippen molar-refractivity contribution in [2.24, 2.45) is 4.99 Å². The van der Waals surface area contributed by atoms with E-state index in [-0.39, 0.29) is 0 Å². The third kappa shape index (κ3) is 1.65. The molecule has 0 spiro atoms. The first-order valence-electron chi connectivity index (χ1n) is 3.19. The van der Waals surface area contributed by atoms with Gasteiger partial charge in [0, 0.05) is 19.0 Å². The van der Waals surface area contributed by atoms with Crippen LogP contribution >= 0.6 is 0 Å². The van der Waals surface area contributed by atoms with E-state index in [1.165, 1.54) is 0 Å². The fraction of sp³-hybridized carbons (Fsp3) is 0.250. The van der Waals surface area contributed by atoms with E-state index in [1.807, 2.05) is 25.1 Å². The molecule has 0 saturated carbocycles. The number of pyridine rings is 1. The van der Waals surface area contributed by atoms with Crippen molar-refractivity contribution in [3.05, 3.63) is 29.6 Å². The van der Waals surface area contributed by atoms with Crippen LogP contribution in [0.3, 0.4) is 0 Å². The van der Waals surface area contributed by atoms with Crippen molar-refractivity contribution < 1.29 is 0 Å². The number of aliphatic imine (C=N–C) groups is 1. The van der Waals surface area contributed by atoms with Gasteiger partial charge in [-0.25, -0.2) is 0 Å². The highest BCUT2D eigenvalue weighted by Crippen LogP contribution is 1.93. The average molecular weight is 134 g/mol. The molecule has 0 aromatic carbocycles. The van der Waals surface area contributed by atoms with Crippen molar-refractivity contribution in [2.45, 2.75) is 6.92 Å². The van der Waals surface area contributed by atoms with Crippen LogP contribution < -0.4 is 0 Å². The predicted molar refractivity (Wildman–Crippen MR) is 42.5 cm³/mol. The maximum atomic E-state index is 4.21. The van der Waals surface area contributed by atoms with E-state index in [4.69, 9.17) is 0 Å². The molecule has 0 fully saturated rings. The summed E-state index contributed by atoms with van der Waals surface area (Å²) in [6.07, 6.45) is 1.74. The van der Waals surface area contributed by atoms with Gasteiger partial charge in [-0.2, -0.15) is 0 Å². The SMILES string of the molecule is C/N=C\c1cccc(C)n1. The fourth-order valence-electron chi connectivity index (χ4n) is 0.768. The molecule has 0 saturated heterocycles. The minimum atomic E-state index is 0.919. The molecule has 0 amide bonds. The summed E-state index contributed by atoms with van der Waals surface area (Å²) in [4.78, 5) is 8.07. The Hall–Kier alpha value is -1.18. The van der Waals surface area contributed by atoms with Gasteiger partial charge in [0.05, 0.1) is 5.69 Å². The van der Waals surface area contributed by atoms with Gasteiger partial charge in [0.25, 0.3) is 0 Å². The number of nitrogens with zero attached hydrogens (tertiary/aromatic N) is 2. The van der Waals surface area contributed by atoms with Gasteiger partial charge in [0.15, 0.2) is 0 Å². The Morgan fingerprint density at radius 1 is 1.50 bits per heavy atom. The van der Waals surface area contributed by atoms with Crippen molar-refractivity contribution in [3.8, 4) is 0 Å². The van der Waals surface area contributed by atoms with Crippen LogP contribution in [0.25, 0.3) is 0 Å². The Morgan fingerprint density at radius 3 is 2.90 bits per heavy atom. The van der Waals surface area contributed by atoms with Crippen LogP contribution in [0.15, 0.2) is 23.2 Å². The molecule has 0 radical (unpaired) electrons. The minimum absolute atomic E-state index is 0.919. The Kier molecular flexibility index (Phi) is 2.15. The van der Waals surface area contributed by atoms with E-state index in [0.717, 1.165) is 11.4 Å². The van der Waals surface area contributed by atoms with Gasteiger partial charge in [-0.15, -0.1) is 0 Å². The molecular formula is C8H10N2. The van der Waals surface area contributed by atoms with E-state index in [0.29, 0.717) is 0 Å². The molecular weight excluding hydrogens is 124 g/mol. The quantitative estimate of drug-likeness (QED) is 0.533. The first kappa shape index (κ1) is 6.93. The standard InChI is InChI=1S/C8H10N2/c1-7-4-3-5-8(10-7)6-9-2/h3-6H,1-2H3/b9-6-. The molecule has 0 aliphatic rings. The van der Waals surface area contributed by atoms with Crippen LogP contribution in [0.5, 0.6) is 0 Å². The monoisotopic (exact) mass is 134 g/mol. The van der Waals surface area contributed by atoms with E-state index in [9.17, 15) is 0 Å². The Balaban J connectivity index is 2.95. The molecule has 0 bridgehead atoms. The molecule has 0 unspecified atom stereocenters. The van der Waals surface area contributed by atoms with Gasteiger partial charge in [-0.1, -0.05) is 6.07 Å². The molecule has 1 aromatic rings. The second-order valence-electron chi connectivity index (χ2n) is 2.09. The Labute approximate surface area is 60.6 Å². The fourth-order valence-corrected chi connectivity index (χ4v) is 0.768.